The van der Waals surface area contributed by atoms with Crippen LogP contribution in [0.1, 0.15) is 22.8 Å². The fraction of sp³-hybridized carbons (Fsp3) is 0.158. The van der Waals surface area contributed by atoms with Crippen molar-refractivity contribution in [2.24, 2.45) is 0 Å². The standard InChI is InChI=1S/C19H13ClF3N3O4/c1-2-30-18(27)13-9-24-15-7-10(19(21,22)23)3-5-12(15)17(13)25-14-6-4-11(20)8-16(14)26(28)29/h3-9H,2H2,1H3,(H,24,25). The first-order valence-corrected chi connectivity index (χ1v) is 8.87. The van der Waals surface area contributed by atoms with E-state index in [4.69, 9.17) is 16.3 Å². The first-order chi connectivity index (χ1) is 14.1. The van der Waals surface area contributed by atoms with E-state index in [9.17, 15) is 28.1 Å². The van der Waals surface area contributed by atoms with Gasteiger partial charge in [0.05, 0.1) is 28.3 Å². The molecule has 7 nitrogen and oxygen atoms in total. The summed E-state index contributed by atoms with van der Waals surface area (Å²) in [6.45, 7) is 1.63. The van der Waals surface area contributed by atoms with E-state index in [1.807, 2.05) is 0 Å². The maximum absolute atomic E-state index is 13.0. The van der Waals surface area contributed by atoms with Crippen molar-refractivity contribution >= 4 is 45.5 Å². The molecular formula is C19H13ClF3N3O4. The van der Waals surface area contributed by atoms with E-state index in [1.165, 1.54) is 12.1 Å². The Labute approximate surface area is 172 Å². The minimum Gasteiger partial charge on any atom is -0.462 e. The van der Waals surface area contributed by atoms with E-state index >= 15 is 0 Å². The maximum atomic E-state index is 13.0. The number of nitro groups is 1. The van der Waals surface area contributed by atoms with Crippen molar-refractivity contribution < 1.29 is 27.6 Å². The molecule has 0 spiro atoms. The summed E-state index contributed by atoms with van der Waals surface area (Å²) >= 11 is 5.82. The Balaban J connectivity index is 2.23. The third kappa shape index (κ3) is 4.28. The van der Waals surface area contributed by atoms with Crippen LogP contribution in [-0.4, -0.2) is 22.5 Å². The Morgan fingerprint density at radius 3 is 2.63 bits per heavy atom. The normalized spacial score (nSPS) is 11.4. The largest absolute Gasteiger partial charge is 0.462 e. The fourth-order valence-electron chi connectivity index (χ4n) is 2.76. The van der Waals surface area contributed by atoms with Gasteiger partial charge in [-0.25, -0.2) is 4.79 Å². The molecule has 0 unspecified atom stereocenters. The number of nitrogens with one attached hydrogen (secondary N) is 1. The molecule has 0 bridgehead atoms. The molecule has 0 saturated carbocycles. The molecule has 2 aromatic carbocycles. The molecule has 1 heterocycles. The van der Waals surface area contributed by atoms with E-state index in [-0.39, 0.29) is 45.2 Å². The molecular weight excluding hydrogens is 427 g/mol. The Morgan fingerprint density at radius 2 is 2.00 bits per heavy atom. The van der Waals surface area contributed by atoms with Crippen LogP contribution >= 0.6 is 11.6 Å². The second-order valence-corrected chi connectivity index (χ2v) is 6.48. The average Bonchev–Trinajstić information content (AvgIpc) is 2.68. The molecule has 0 aliphatic heterocycles. The molecule has 3 aromatic rings. The van der Waals surface area contributed by atoms with Gasteiger partial charge in [0.2, 0.25) is 0 Å². The summed E-state index contributed by atoms with van der Waals surface area (Å²) in [5.74, 6) is -0.786. The zero-order chi connectivity index (χ0) is 22.1. The van der Waals surface area contributed by atoms with Crippen LogP contribution in [0.3, 0.4) is 0 Å². The van der Waals surface area contributed by atoms with Crippen LogP contribution in [0, 0.1) is 10.1 Å². The van der Waals surface area contributed by atoms with Gasteiger partial charge in [-0.15, -0.1) is 0 Å². The van der Waals surface area contributed by atoms with Crippen molar-refractivity contribution in [1.29, 1.82) is 0 Å². The number of esters is 1. The van der Waals surface area contributed by atoms with Crippen LogP contribution in [0.4, 0.5) is 30.2 Å². The third-order valence-corrected chi connectivity index (χ3v) is 4.34. The van der Waals surface area contributed by atoms with Gasteiger partial charge in [0, 0.05) is 22.7 Å². The molecule has 0 radical (unpaired) electrons. The number of alkyl halides is 3. The smallest absolute Gasteiger partial charge is 0.416 e. The van der Waals surface area contributed by atoms with Crippen molar-refractivity contribution in [3.8, 4) is 0 Å². The van der Waals surface area contributed by atoms with Crippen LogP contribution in [0.25, 0.3) is 10.9 Å². The summed E-state index contributed by atoms with van der Waals surface area (Å²) in [5.41, 5.74) is -1.44. The summed E-state index contributed by atoms with van der Waals surface area (Å²) < 4.78 is 44.1. The number of aromatic nitrogens is 1. The number of hydrogen-bond donors (Lipinski definition) is 1. The van der Waals surface area contributed by atoms with E-state index in [0.29, 0.717) is 0 Å². The molecule has 156 valence electrons. The Morgan fingerprint density at radius 1 is 1.27 bits per heavy atom. The predicted molar refractivity (Wildman–Crippen MR) is 104 cm³/mol. The molecule has 0 aliphatic rings. The summed E-state index contributed by atoms with van der Waals surface area (Å²) in [6, 6.07) is 6.63. The number of carbonyl (C=O) groups is 1. The lowest BCUT2D eigenvalue weighted by molar-refractivity contribution is -0.383. The number of nitrogens with zero attached hydrogens (tertiary/aromatic N) is 2. The molecule has 3 rings (SSSR count). The molecule has 0 saturated heterocycles. The number of carbonyl (C=O) groups excluding carboxylic acids is 1. The summed E-state index contributed by atoms with van der Waals surface area (Å²) in [6.07, 6.45) is -3.52. The Kier molecular flexibility index (Phi) is 5.79. The lowest BCUT2D eigenvalue weighted by atomic mass is 10.1. The summed E-state index contributed by atoms with van der Waals surface area (Å²) in [5, 5.41) is 14.4. The number of halogens is 4. The molecule has 1 N–H and O–H groups in total. The van der Waals surface area contributed by atoms with Gasteiger partial charge in [-0.05, 0) is 31.2 Å². The molecule has 0 amide bonds. The second kappa shape index (κ2) is 8.15. The minimum absolute atomic E-state index is 0.0117. The van der Waals surface area contributed by atoms with E-state index in [0.717, 1.165) is 30.5 Å². The van der Waals surface area contributed by atoms with Crippen molar-refractivity contribution in [2.75, 3.05) is 11.9 Å². The zero-order valence-corrected chi connectivity index (χ0v) is 16.0. The number of benzene rings is 2. The molecule has 1 aromatic heterocycles. The monoisotopic (exact) mass is 439 g/mol. The number of rotatable bonds is 5. The molecule has 0 aliphatic carbocycles. The van der Waals surface area contributed by atoms with Gasteiger partial charge in [-0.3, -0.25) is 15.1 Å². The Bertz CT molecular complexity index is 1150. The molecule has 0 fully saturated rings. The van der Waals surface area contributed by atoms with Gasteiger partial charge >= 0.3 is 12.1 Å². The van der Waals surface area contributed by atoms with Gasteiger partial charge in [0.15, 0.2) is 0 Å². The lowest BCUT2D eigenvalue weighted by Crippen LogP contribution is -2.10. The van der Waals surface area contributed by atoms with Crippen molar-refractivity contribution in [3.05, 3.63) is 68.9 Å². The fourth-order valence-corrected chi connectivity index (χ4v) is 2.93. The van der Waals surface area contributed by atoms with Crippen LogP contribution in [0.2, 0.25) is 5.02 Å². The predicted octanol–water partition coefficient (Wildman–Crippen LogP) is 5.74. The van der Waals surface area contributed by atoms with Crippen LogP contribution in [-0.2, 0) is 10.9 Å². The molecule has 11 heteroatoms. The van der Waals surface area contributed by atoms with Crippen LogP contribution < -0.4 is 5.32 Å². The number of ether oxygens (including phenoxy) is 1. The topological polar surface area (TPSA) is 94.4 Å². The first kappa shape index (κ1) is 21.3. The SMILES string of the molecule is CCOC(=O)c1cnc2cc(C(F)(F)F)ccc2c1Nc1ccc(Cl)cc1[N+](=O)[O-]. The average molecular weight is 440 g/mol. The second-order valence-electron chi connectivity index (χ2n) is 6.04. The van der Waals surface area contributed by atoms with Gasteiger partial charge in [0.25, 0.3) is 5.69 Å². The highest BCUT2D eigenvalue weighted by molar-refractivity contribution is 6.31. The van der Waals surface area contributed by atoms with Gasteiger partial charge < -0.3 is 10.1 Å². The lowest BCUT2D eigenvalue weighted by Gasteiger charge is -2.15. The van der Waals surface area contributed by atoms with Gasteiger partial charge in [0.1, 0.15) is 11.3 Å². The maximum Gasteiger partial charge on any atom is 0.416 e. The van der Waals surface area contributed by atoms with Crippen molar-refractivity contribution in [2.45, 2.75) is 13.1 Å². The van der Waals surface area contributed by atoms with Gasteiger partial charge in [-0.1, -0.05) is 17.7 Å². The van der Waals surface area contributed by atoms with Crippen molar-refractivity contribution in [1.82, 2.24) is 4.98 Å². The summed E-state index contributed by atoms with van der Waals surface area (Å²) in [4.78, 5) is 27.0. The minimum atomic E-state index is -4.59. The third-order valence-electron chi connectivity index (χ3n) is 4.11. The van der Waals surface area contributed by atoms with E-state index in [2.05, 4.69) is 10.3 Å². The highest BCUT2D eigenvalue weighted by atomic mass is 35.5. The quantitative estimate of drug-likeness (QED) is 0.309. The van der Waals surface area contributed by atoms with Gasteiger partial charge in [-0.2, -0.15) is 13.2 Å². The zero-order valence-electron chi connectivity index (χ0n) is 15.3. The summed E-state index contributed by atoms with van der Waals surface area (Å²) in [7, 11) is 0. The van der Waals surface area contributed by atoms with Crippen LogP contribution in [0.15, 0.2) is 42.6 Å². The van der Waals surface area contributed by atoms with E-state index in [1.54, 1.807) is 6.92 Å². The number of hydrogen-bond acceptors (Lipinski definition) is 6. The number of fused-ring (bicyclic) bond motifs is 1. The highest BCUT2D eigenvalue weighted by Gasteiger charge is 2.31. The Hall–Kier alpha value is -3.40. The van der Waals surface area contributed by atoms with Crippen molar-refractivity contribution in [3.63, 3.8) is 0 Å². The number of anilines is 2. The molecule has 30 heavy (non-hydrogen) atoms. The van der Waals surface area contributed by atoms with Crippen LogP contribution in [0.5, 0.6) is 0 Å². The molecule has 0 atom stereocenters. The first-order valence-electron chi connectivity index (χ1n) is 8.50. The number of pyridine rings is 1. The number of nitro benzene ring substituents is 1. The van der Waals surface area contributed by atoms with E-state index < -0.39 is 22.6 Å². The highest BCUT2D eigenvalue weighted by Crippen LogP contribution is 2.37.